The van der Waals surface area contributed by atoms with Crippen LogP contribution in [0.15, 0.2) is 76.3 Å². The van der Waals surface area contributed by atoms with Gasteiger partial charge in [-0.25, -0.2) is 10.2 Å². The van der Waals surface area contributed by atoms with Crippen LogP contribution >= 0.6 is 27.5 Å². The standard InChI is InChI=1S/C24H19BrClN3O5/c1-33-21-11-15(5-10-20(21)34-24(32)17-3-2-4-18(25)12-17)13-28-29-22(30)14-27-23(31)16-6-8-19(26)9-7-16/h2-13H,14H2,1H3,(H,27,31)(H,29,30)/b28-13-. The topological polar surface area (TPSA) is 106 Å². The van der Waals surface area contributed by atoms with Crippen molar-refractivity contribution in [2.45, 2.75) is 0 Å². The van der Waals surface area contributed by atoms with E-state index < -0.39 is 17.8 Å². The van der Waals surface area contributed by atoms with Crippen molar-refractivity contribution in [3.05, 3.63) is 92.9 Å². The minimum atomic E-state index is -0.533. The lowest BCUT2D eigenvalue weighted by Gasteiger charge is -2.10. The largest absolute Gasteiger partial charge is 0.493 e. The minimum absolute atomic E-state index is 0.235. The zero-order chi connectivity index (χ0) is 24.5. The van der Waals surface area contributed by atoms with Gasteiger partial charge in [-0.1, -0.05) is 33.6 Å². The molecule has 8 nitrogen and oxygen atoms in total. The quantitative estimate of drug-likeness (QED) is 0.191. The molecule has 3 rings (SSSR count). The van der Waals surface area contributed by atoms with Crippen LogP contribution < -0.4 is 20.2 Å². The molecule has 174 valence electrons. The van der Waals surface area contributed by atoms with Crippen LogP contribution in [0.4, 0.5) is 0 Å². The Morgan fingerprint density at radius 3 is 2.47 bits per heavy atom. The summed E-state index contributed by atoms with van der Waals surface area (Å²) in [6, 6.07) is 17.9. The number of nitrogens with zero attached hydrogens (tertiary/aromatic N) is 1. The van der Waals surface area contributed by atoms with Crippen LogP contribution in [0, 0.1) is 0 Å². The predicted octanol–water partition coefficient (Wildman–Crippen LogP) is 4.21. The number of hydrazone groups is 1. The van der Waals surface area contributed by atoms with Gasteiger partial charge in [0, 0.05) is 15.1 Å². The molecule has 10 heteroatoms. The second-order valence-electron chi connectivity index (χ2n) is 6.79. The normalized spacial score (nSPS) is 10.6. The van der Waals surface area contributed by atoms with Crippen LogP contribution in [0.5, 0.6) is 11.5 Å². The van der Waals surface area contributed by atoms with Gasteiger partial charge in [0.25, 0.3) is 11.8 Å². The first-order chi connectivity index (χ1) is 16.4. The van der Waals surface area contributed by atoms with E-state index in [-0.39, 0.29) is 12.3 Å². The Labute approximate surface area is 209 Å². The number of ether oxygens (including phenoxy) is 2. The van der Waals surface area contributed by atoms with E-state index in [1.54, 1.807) is 66.7 Å². The molecule has 0 fully saturated rings. The average Bonchev–Trinajstić information content (AvgIpc) is 2.83. The van der Waals surface area contributed by atoms with Gasteiger partial charge in [0.1, 0.15) is 0 Å². The zero-order valence-corrected chi connectivity index (χ0v) is 20.2. The van der Waals surface area contributed by atoms with E-state index in [9.17, 15) is 14.4 Å². The van der Waals surface area contributed by atoms with Crippen molar-refractivity contribution in [2.24, 2.45) is 5.10 Å². The lowest BCUT2D eigenvalue weighted by Crippen LogP contribution is -2.34. The second kappa shape index (κ2) is 12.0. The third kappa shape index (κ3) is 7.16. The Kier molecular flexibility index (Phi) is 8.78. The number of amides is 2. The van der Waals surface area contributed by atoms with Crippen molar-refractivity contribution in [1.82, 2.24) is 10.7 Å². The minimum Gasteiger partial charge on any atom is -0.493 e. The molecule has 0 radical (unpaired) electrons. The number of hydrogen-bond acceptors (Lipinski definition) is 6. The smallest absolute Gasteiger partial charge is 0.343 e. The summed E-state index contributed by atoms with van der Waals surface area (Å²) >= 11 is 9.10. The summed E-state index contributed by atoms with van der Waals surface area (Å²) in [4.78, 5) is 36.3. The Balaban J connectivity index is 1.54. The van der Waals surface area contributed by atoms with Crippen molar-refractivity contribution in [1.29, 1.82) is 0 Å². The molecule has 0 aliphatic heterocycles. The molecule has 0 spiro atoms. The molecule has 0 saturated heterocycles. The summed E-state index contributed by atoms with van der Waals surface area (Å²) in [6.45, 7) is -0.257. The predicted molar refractivity (Wildman–Crippen MR) is 132 cm³/mol. The number of rotatable bonds is 8. The summed E-state index contributed by atoms with van der Waals surface area (Å²) in [5.74, 6) is -0.903. The SMILES string of the molecule is COc1cc(/C=N\NC(=O)CNC(=O)c2ccc(Cl)cc2)ccc1OC(=O)c1cccc(Br)c1. The van der Waals surface area contributed by atoms with E-state index in [1.165, 1.54) is 13.3 Å². The first-order valence-corrected chi connectivity index (χ1v) is 11.0. The third-order valence-electron chi connectivity index (χ3n) is 4.37. The van der Waals surface area contributed by atoms with Crippen molar-refractivity contribution in [3.8, 4) is 11.5 Å². The highest BCUT2D eigenvalue weighted by Crippen LogP contribution is 2.28. The molecule has 0 atom stereocenters. The van der Waals surface area contributed by atoms with Crippen molar-refractivity contribution < 1.29 is 23.9 Å². The molecule has 2 N–H and O–H groups in total. The molecule has 2 amide bonds. The van der Waals surface area contributed by atoms with Crippen LogP contribution in [0.1, 0.15) is 26.3 Å². The van der Waals surface area contributed by atoms with E-state index >= 15 is 0 Å². The van der Waals surface area contributed by atoms with E-state index in [4.69, 9.17) is 21.1 Å². The summed E-state index contributed by atoms with van der Waals surface area (Å²) < 4.78 is 11.5. The molecule has 0 aliphatic rings. The molecular formula is C24H19BrClN3O5. The number of carbonyl (C=O) groups excluding carboxylic acids is 3. The number of esters is 1. The summed E-state index contributed by atoms with van der Waals surface area (Å²) in [5.41, 5.74) is 3.68. The maximum Gasteiger partial charge on any atom is 0.343 e. The zero-order valence-electron chi connectivity index (χ0n) is 17.9. The first kappa shape index (κ1) is 24.9. The van der Waals surface area contributed by atoms with Gasteiger partial charge >= 0.3 is 5.97 Å². The van der Waals surface area contributed by atoms with Gasteiger partial charge in [-0.2, -0.15) is 5.10 Å². The van der Waals surface area contributed by atoms with Crippen molar-refractivity contribution in [2.75, 3.05) is 13.7 Å². The number of hydrogen-bond donors (Lipinski definition) is 2. The van der Waals surface area contributed by atoms with Crippen molar-refractivity contribution in [3.63, 3.8) is 0 Å². The maximum atomic E-state index is 12.4. The molecule has 34 heavy (non-hydrogen) atoms. The Bertz CT molecular complexity index is 1230. The average molecular weight is 545 g/mol. The molecule has 0 saturated carbocycles. The van der Waals surface area contributed by atoms with Crippen LogP contribution in [-0.4, -0.2) is 37.7 Å². The fraction of sp³-hybridized carbons (Fsp3) is 0.0833. The molecular weight excluding hydrogens is 526 g/mol. The summed E-state index contributed by atoms with van der Waals surface area (Å²) in [7, 11) is 1.44. The van der Waals surface area contributed by atoms with E-state index in [2.05, 4.69) is 31.8 Å². The molecule has 0 bridgehead atoms. The number of methoxy groups -OCH3 is 1. The third-order valence-corrected chi connectivity index (χ3v) is 5.11. The first-order valence-electron chi connectivity index (χ1n) is 9.87. The molecule has 0 aliphatic carbocycles. The van der Waals surface area contributed by atoms with Gasteiger partial charge in [-0.05, 0) is 66.2 Å². The van der Waals surface area contributed by atoms with Gasteiger partial charge in [0.15, 0.2) is 11.5 Å². The lowest BCUT2D eigenvalue weighted by atomic mass is 10.2. The molecule has 3 aromatic carbocycles. The van der Waals surface area contributed by atoms with Gasteiger partial charge < -0.3 is 14.8 Å². The maximum absolute atomic E-state index is 12.4. The Morgan fingerprint density at radius 1 is 1.00 bits per heavy atom. The molecule has 3 aromatic rings. The number of benzene rings is 3. The summed E-state index contributed by atoms with van der Waals surface area (Å²) in [6.07, 6.45) is 1.39. The van der Waals surface area contributed by atoms with Gasteiger partial charge in [-0.3, -0.25) is 9.59 Å². The van der Waals surface area contributed by atoms with Gasteiger partial charge in [0.2, 0.25) is 0 Å². The van der Waals surface area contributed by atoms with Gasteiger partial charge in [-0.15, -0.1) is 0 Å². The highest BCUT2D eigenvalue weighted by molar-refractivity contribution is 9.10. The lowest BCUT2D eigenvalue weighted by molar-refractivity contribution is -0.120. The number of nitrogens with one attached hydrogen (secondary N) is 2. The number of halogens is 2. The van der Waals surface area contributed by atoms with Crippen LogP contribution in [0.25, 0.3) is 0 Å². The fourth-order valence-electron chi connectivity index (χ4n) is 2.71. The van der Waals surface area contributed by atoms with Gasteiger partial charge in [0.05, 0.1) is 25.4 Å². The Hall–Kier alpha value is -3.69. The van der Waals surface area contributed by atoms with E-state index in [1.807, 2.05) is 0 Å². The van der Waals surface area contributed by atoms with E-state index in [0.717, 1.165) is 4.47 Å². The highest BCUT2D eigenvalue weighted by Gasteiger charge is 2.13. The molecule has 0 unspecified atom stereocenters. The summed E-state index contributed by atoms with van der Waals surface area (Å²) in [5, 5.41) is 6.86. The van der Waals surface area contributed by atoms with Crippen LogP contribution in [0.2, 0.25) is 5.02 Å². The van der Waals surface area contributed by atoms with E-state index in [0.29, 0.717) is 27.5 Å². The fourth-order valence-corrected chi connectivity index (χ4v) is 3.23. The van der Waals surface area contributed by atoms with Crippen LogP contribution in [0.3, 0.4) is 0 Å². The highest BCUT2D eigenvalue weighted by atomic mass is 79.9. The Morgan fingerprint density at radius 2 is 1.76 bits per heavy atom. The molecule has 0 aromatic heterocycles. The second-order valence-corrected chi connectivity index (χ2v) is 8.15. The number of carbonyl (C=O) groups is 3. The monoisotopic (exact) mass is 543 g/mol. The van der Waals surface area contributed by atoms with Crippen LogP contribution in [-0.2, 0) is 4.79 Å². The van der Waals surface area contributed by atoms with Crippen molar-refractivity contribution >= 4 is 51.5 Å². The molecule has 0 heterocycles.